The second kappa shape index (κ2) is 7.18. The Hall–Kier alpha value is -1.65. The summed E-state index contributed by atoms with van der Waals surface area (Å²) in [5.74, 6) is 1.32. The number of hydrogen-bond acceptors (Lipinski definition) is 6. The normalized spacial score (nSPS) is 44.0. The van der Waals surface area contributed by atoms with Crippen molar-refractivity contribution in [3.05, 3.63) is 0 Å². The van der Waals surface area contributed by atoms with Crippen LogP contribution in [0.4, 0.5) is 0 Å². The highest BCUT2D eigenvalue weighted by atomic mass is 16.6. The molecule has 31 heavy (non-hydrogen) atoms. The standard InChI is InChI=1S/C24H36N4O3/c1-13(2)3-18(26)22(30)31-24-9-14-4-15(10-24)8-23(7-14,12-24)20(27)21(29)28-17(11-25)5-16-6-19(16)28/h13-20H,3-10,12,26-27H2,1-2H3/t14?,15?,16-,17+,18+,19+,20-,23?,24?/m1/s1. The molecular formula is C24H36N4O3. The lowest BCUT2D eigenvalue weighted by atomic mass is 9.46. The molecule has 6 aliphatic rings. The Labute approximate surface area is 184 Å². The van der Waals surface area contributed by atoms with E-state index >= 15 is 0 Å². The molecule has 1 amide bonds. The second-order valence-electron chi connectivity index (χ2n) is 11.8. The number of hydrogen-bond donors (Lipinski definition) is 2. The molecular weight excluding hydrogens is 392 g/mol. The van der Waals surface area contributed by atoms with E-state index in [0.717, 1.165) is 44.9 Å². The van der Waals surface area contributed by atoms with Crippen molar-refractivity contribution in [2.24, 2.45) is 40.6 Å². The number of likely N-dealkylation sites (tertiary alicyclic amines) is 1. The van der Waals surface area contributed by atoms with E-state index in [1.54, 1.807) is 4.90 Å². The van der Waals surface area contributed by atoms with Gasteiger partial charge in [-0.1, -0.05) is 13.8 Å². The van der Waals surface area contributed by atoms with Crippen LogP contribution in [0.3, 0.4) is 0 Å². The fourth-order valence-electron chi connectivity index (χ4n) is 7.94. The quantitative estimate of drug-likeness (QED) is 0.625. The van der Waals surface area contributed by atoms with Crippen LogP contribution >= 0.6 is 0 Å². The van der Waals surface area contributed by atoms with Gasteiger partial charge in [0.2, 0.25) is 5.91 Å². The molecule has 7 nitrogen and oxygen atoms in total. The van der Waals surface area contributed by atoms with E-state index in [-0.39, 0.29) is 29.4 Å². The number of nitrogens with two attached hydrogens (primary N) is 2. The highest BCUT2D eigenvalue weighted by molar-refractivity contribution is 5.84. The SMILES string of the molecule is CC(C)C[C@H](N)C(=O)OC12CC3CC(C1)CC([C@H](N)C(=O)N1[C@H](C#N)C[C@@H]4C[C@@H]41)(C3)C2. The zero-order valence-corrected chi connectivity index (χ0v) is 18.8. The largest absolute Gasteiger partial charge is 0.458 e. The van der Waals surface area contributed by atoms with Crippen molar-refractivity contribution in [1.29, 1.82) is 5.26 Å². The third kappa shape index (κ3) is 3.47. The summed E-state index contributed by atoms with van der Waals surface area (Å²) in [4.78, 5) is 28.2. The molecule has 1 heterocycles. The maximum absolute atomic E-state index is 13.5. The van der Waals surface area contributed by atoms with Crippen molar-refractivity contribution in [2.75, 3.05) is 0 Å². The van der Waals surface area contributed by atoms with Crippen molar-refractivity contribution in [1.82, 2.24) is 4.90 Å². The van der Waals surface area contributed by atoms with Gasteiger partial charge in [-0.3, -0.25) is 9.59 Å². The fraction of sp³-hybridized carbons (Fsp3) is 0.875. The van der Waals surface area contributed by atoms with Crippen molar-refractivity contribution < 1.29 is 14.3 Å². The van der Waals surface area contributed by atoms with Gasteiger partial charge in [0, 0.05) is 6.04 Å². The van der Waals surface area contributed by atoms with E-state index in [4.69, 9.17) is 16.2 Å². The fourth-order valence-corrected chi connectivity index (χ4v) is 7.94. The molecule has 6 rings (SSSR count). The lowest BCUT2D eigenvalue weighted by Gasteiger charge is -2.62. The van der Waals surface area contributed by atoms with E-state index in [9.17, 15) is 14.9 Å². The number of rotatable bonds is 6. The number of nitriles is 1. The number of piperidine rings is 1. The first kappa shape index (κ1) is 21.2. The van der Waals surface area contributed by atoms with Crippen LogP contribution in [0.1, 0.15) is 71.6 Å². The van der Waals surface area contributed by atoms with Crippen molar-refractivity contribution in [2.45, 2.75) is 101 Å². The van der Waals surface area contributed by atoms with Gasteiger partial charge in [0.05, 0.1) is 12.1 Å². The van der Waals surface area contributed by atoms with Crippen molar-refractivity contribution >= 4 is 11.9 Å². The first-order chi connectivity index (χ1) is 14.7. The maximum Gasteiger partial charge on any atom is 0.323 e. The number of ether oxygens (including phenoxy) is 1. The molecule has 0 aromatic rings. The van der Waals surface area contributed by atoms with Crippen LogP contribution in [0.2, 0.25) is 0 Å². The first-order valence-electron chi connectivity index (χ1n) is 12.1. The Kier molecular flexibility index (Phi) is 4.91. The van der Waals surface area contributed by atoms with Crippen LogP contribution < -0.4 is 11.5 Å². The molecule has 0 aromatic carbocycles. The van der Waals surface area contributed by atoms with Crippen LogP contribution in [-0.2, 0) is 14.3 Å². The van der Waals surface area contributed by atoms with Gasteiger partial charge in [0.15, 0.2) is 0 Å². The molecule has 5 saturated carbocycles. The second-order valence-corrected chi connectivity index (χ2v) is 11.8. The Balaban J connectivity index is 1.35. The molecule has 6 fully saturated rings. The number of esters is 1. The molecule has 170 valence electrons. The lowest BCUT2D eigenvalue weighted by Crippen LogP contribution is -2.66. The number of carbonyl (C=O) groups is 2. The van der Waals surface area contributed by atoms with E-state index < -0.39 is 17.7 Å². The molecule has 0 aromatic heterocycles. The number of nitrogens with zero attached hydrogens (tertiary/aromatic N) is 2. The Bertz CT molecular complexity index is 806. The lowest BCUT2D eigenvalue weighted by molar-refractivity contribution is -0.207. The topological polar surface area (TPSA) is 122 Å². The van der Waals surface area contributed by atoms with Crippen LogP contribution in [-0.4, -0.2) is 46.5 Å². The Morgan fingerprint density at radius 3 is 2.42 bits per heavy atom. The molecule has 1 saturated heterocycles. The van der Waals surface area contributed by atoms with Gasteiger partial charge in [-0.15, -0.1) is 0 Å². The van der Waals surface area contributed by atoms with E-state index in [1.165, 1.54) is 0 Å². The summed E-state index contributed by atoms with van der Waals surface area (Å²) in [7, 11) is 0. The zero-order chi connectivity index (χ0) is 22.1. The smallest absolute Gasteiger partial charge is 0.323 e. The van der Waals surface area contributed by atoms with Crippen molar-refractivity contribution in [3.63, 3.8) is 0 Å². The first-order valence-corrected chi connectivity index (χ1v) is 12.1. The van der Waals surface area contributed by atoms with Crippen molar-refractivity contribution in [3.8, 4) is 6.07 Å². The minimum Gasteiger partial charge on any atom is -0.458 e. The van der Waals surface area contributed by atoms with Crippen LogP contribution in [0.25, 0.3) is 0 Å². The zero-order valence-electron chi connectivity index (χ0n) is 18.8. The maximum atomic E-state index is 13.5. The summed E-state index contributed by atoms with van der Waals surface area (Å²) in [6, 6.07) is 0.949. The predicted octanol–water partition coefficient (Wildman–Crippen LogP) is 2.08. The van der Waals surface area contributed by atoms with Gasteiger partial charge in [0.1, 0.15) is 17.7 Å². The number of carbonyl (C=O) groups excluding carboxylic acids is 2. The number of fused-ring (bicyclic) bond motifs is 1. The van der Waals surface area contributed by atoms with Gasteiger partial charge >= 0.3 is 5.97 Å². The predicted molar refractivity (Wildman–Crippen MR) is 114 cm³/mol. The highest BCUT2D eigenvalue weighted by Gasteiger charge is 2.64. The molecule has 1 aliphatic heterocycles. The van der Waals surface area contributed by atoms with Gasteiger partial charge in [-0.25, -0.2) is 0 Å². The summed E-state index contributed by atoms with van der Waals surface area (Å²) in [5, 5.41) is 9.54. The summed E-state index contributed by atoms with van der Waals surface area (Å²) >= 11 is 0. The minimum absolute atomic E-state index is 0.0588. The average Bonchev–Trinajstić information content (AvgIpc) is 3.34. The molecule has 7 atom stereocenters. The van der Waals surface area contributed by atoms with Gasteiger partial charge < -0.3 is 21.1 Å². The highest BCUT2D eigenvalue weighted by Crippen LogP contribution is 2.64. The Morgan fingerprint density at radius 2 is 1.81 bits per heavy atom. The van der Waals surface area contributed by atoms with Gasteiger partial charge in [0.25, 0.3) is 0 Å². The van der Waals surface area contributed by atoms with Crippen LogP contribution in [0.5, 0.6) is 0 Å². The van der Waals surface area contributed by atoms with Gasteiger partial charge in [-0.05, 0) is 86.9 Å². The van der Waals surface area contributed by atoms with Crippen LogP contribution in [0, 0.1) is 40.4 Å². The molecule has 5 aliphatic carbocycles. The monoisotopic (exact) mass is 428 g/mol. The summed E-state index contributed by atoms with van der Waals surface area (Å²) in [5.41, 5.74) is 12.0. The summed E-state index contributed by atoms with van der Waals surface area (Å²) < 4.78 is 6.17. The molecule has 0 spiro atoms. The molecule has 2 unspecified atom stereocenters. The van der Waals surface area contributed by atoms with Gasteiger partial charge in [-0.2, -0.15) is 5.26 Å². The molecule has 7 heteroatoms. The van der Waals surface area contributed by atoms with E-state index in [2.05, 4.69) is 19.9 Å². The molecule has 4 N–H and O–H groups in total. The minimum atomic E-state index is -0.629. The molecule has 4 bridgehead atoms. The van der Waals surface area contributed by atoms with E-state index in [0.29, 0.717) is 36.5 Å². The van der Waals surface area contributed by atoms with E-state index in [1.807, 2.05) is 0 Å². The summed E-state index contributed by atoms with van der Waals surface area (Å²) in [6.07, 6.45) is 7.76. The average molecular weight is 429 g/mol. The number of amides is 1. The molecule has 0 radical (unpaired) electrons. The van der Waals surface area contributed by atoms with Crippen LogP contribution in [0.15, 0.2) is 0 Å². The third-order valence-electron chi connectivity index (χ3n) is 8.83. The Morgan fingerprint density at radius 1 is 1.13 bits per heavy atom. The summed E-state index contributed by atoms with van der Waals surface area (Å²) in [6.45, 7) is 4.10. The third-order valence-corrected chi connectivity index (χ3v) is 8.83.